The number of carbonyl (C=O) groups excluding carboxylic acids is 1. The van der Waals surface area contributed by atoms with Crippen LogP contribution in [0, 0.1) is 0 Å². The van der Waals surface area contributed by atoms with Gasteiger partial charge in [0.15, 0.2) is 0 Å². The highest BCUT2D eigenvalue weighted by Crippen LogP contribution is 2.41. The zero-order valence-corrected chi connectivity index (χ0v) is 16.4. The predicted octanol–water partition coefficient (Wildman–Crippen LogP) is 5.02. The maximum absolute atomic E-state index is 12.8. The molecule has 4 rings (SSSR count). The minimum Gasteiger partial charge on any atom is -0.497 e. The van der Waals surface area contributed by atoms with Crippen LogP contribution < -0.4 is 10.1 Å². The Labute approximate surface area is 166 Å². The normalized spacial score (nSPS) is 15.5. The summed E-state index contributed by atoms with van der Waals surface area (Å²) in [6, 6.07) is 22.8. The van der Waals surface area contributed by atoms with Crippen LogP contribution >= 0.6 is 0 Å². The van der Waals surface area contributed by atoms with Gasteiger partial charge in [0.25, 0.3) is 0 Å². The molecule has 1 aliphatic carbocycles. The van der Waals surface area contributed by atoms with Gasteiger partial charge in [-0.2, -0.15) is 0 Å². The van der Waals surface area contributed by atoms with Gasteiger partial charge in [-0.3, -0.25) is 4.79 Å². The van der Waals surface area contributed by atoms with E-state index in [1.165, 1.54) is 23.8 Å². The van der Waals surface area contributed by atoms with Gasteiger partial charge in [-0.15, -0.1) is 0 Å². The van der Waals surface area contributed by atoms with Crippen molar-refractivity contribution in [3.8, 4) is 5.75 Å². The Morgan fingerprint density at radius 2 is 1.68 bits per heavy atom. The molecule has 3 nitrogen and oxygen atoms in total. The summed E-state index contributed by atoms with van der Waals surface area (Å²) in [4.78, 5) is 12.8. The Hall–Kier alpha value is -2.81. The van der Waals surface area contributed by atoms with Gasteiger partial charge >= 0.3 is 0 Å². The molecule has 3 heteroatoms. The molecule has 0 aliphatic heterocycles. The average Bonchev–Trinajstić information content (AvgIpc) is 3.23. The summed E-state index contributed by atoms with van der Waals surface area (Å²) in [6.07, 6.45) is 5.08. The zero-order valence-electron chi connectivity index (χ0n) is 16.4. The third kappa shape index (κ3) is 3.75. The first-order chi connectivity index (χ1) is 13.7. The summed E-state index contributed by atoms with van der Waals surface area (Å²) in [7, 11) is 1.69. The molecular formula is C25H27NO2. The summed E-state index contributed by atoms with van der Waals surface area (Å²) in [5.74, 6) is 0.966. The van der Waals surface area contributed by atoms with Crippen LogP contribution in [0.5, 0.6) is 5.75 Å². The molecule has 0 saturated heterocycles. The van der Waals surface area contributed by atoms with Crippen LogP contribution in [0.1, 0.15) is 36.8 Å². The van der Waals surface area contributed by atoms with Crippen LogP contribution in [-0.2, 0) is 16.6 Å². The van der Waals surface area contributed by atoms with Crippen molar-refractivity contribution < 1.29 is 9.53 Å². The van der Waals surface area contributed by atoms with E-state index in [2.05, 4.69) is 41.7 Å². The maximum Gasteiger partial charge on any atom is 0.224 e. The first-order valence-corrected chi connectivity index (χ1v) is 10.1. The number of amides is 1. The minimum absolute atomic E-state index is 0.0423. The molecule has 144 valence electrons. The average molecular weight is 373 g/mol. The molecule has 0 spiro atoms. The second-order valence-electron chi connectivity index (χ2n) is 7.81. The maximum atomic E-state index is 12.8. The largest absolute Gasteiger partial charge is 0.497 e. The van der Waals surface area contributed by atoms with E-state index in [0.717, 1.165) is 29.5 Å². The molecule has 0 heterocycles. The van der Waals surface area contributed by atoms with Gasteiger partial charge in [-0.25, -0.2) is 0 Å². The van der Waals surface area contributed by atoms with Crippen molar-refractivity contribution in [2.24, 2.45) is 0 Å². The number of ether oxygens (including phenoxy) is 1. The van der Waals surface area contributed by atoms with Gasteiger partial charge in [-0.1, -0.05) is 67.4 Å². The fourth-order valence-corrected chi connectivity index (χ4v) is 4.51. The van der Waals surface area contributed by atoms with Crippen LogP contribution in [-0.4, -0.2) is 19.6 Å². The standard InChI is InChI=1S/C25H27NO2/c1-28-22-13-11-21(12-14-22)25(15-4-5-16-25)18-26-24(27)17-20-9-6-8-19-7-2-3-10-23(19)20/h2-3,6-14H,4-5,15-18H2,1H3,(H,26,27). The van der Waals surface area contributed by atoms with Crippen LogP contribution in [0.4, 0.5) is 0 Å². The van der Waals surface area contributed by atoms with Gasteiger partial charge in [0.2, 0.25) is 5.91 Å². The Bertz CT molecular complexity index is 950. The van der Waals surface area contributed by atoms with E-state index in [0.29, 0.717) is 13.0 Å². The van der Waals surface area contributed by atoms with E-state index in [1.807, 2.05) is 30.3 Å². The quantitative estimate of drug-likeness (QED) is 0.659. The van der Waals surface area contributed by atoms with Crippen molar-refractivity contribution in [2.75, 3.05) is 13.7 Å². The molecule has 3 aromatic rings. The predicted molar refractivity (Wildman–Crippen MR) is 114 cm³/mol. The summed E-state index contributed by atoms with van der Waals surface area (Å²) in [5, 5.41) is 5.57. The number of nitrogens with one attached hydrogen (secondary N) is 1. The SMILES string of the molecule is COc1ccc(C2(CNC(=O)Cc3cccc4ccccc34)CCCC2)cc1. The van der Waals surface area contributed by atoms with Crippen molar-refractivity contribution in [2.45, 2.75) is 37.5 Å². The second-order valence-corrected chi connectivity index (χ2v) is 7.81. The number of methoxy groups -OCH3 is 1. The molecule has 28 heavy (non-hydrogen) atoms. The van der Waals surface area contributed by atoms with Gasteiger partial charge in [-0.05, 0) is 46.9 Å². The van der Waals surface area contributed by atoms with E-state index >= 15 is 0 Å². The van der Waals surface area contributed by atoms with E-state index in [1.54, 1.807) is 7.11 Å². The number of fused-ring (bicyclic) bond motifs is 1. The Balaban J connectivity index is 1.47. The summed E-state index contributed by atoms with van der Waals surface area (Å²) in [5.41, 5.74) is 2.43. The first-order valence-electron chi connectivity index (χ1n) is 10.1. The molecule has 0 aromatic heterocycles. The van der Waals surface area contributed by atoms with E-state index in [9.17, 15) is 4.79 Å². The van der Waals surface area contributed by atoms with Crippen molar-refractivity contribution in [3.05, 3.63) is 77.9 Å². The highest BCUT2D eigenvalue weighted by atomic mass is 16.5. The Morgan fingerprint density at radius 3 is 2.43 bits per heavy atom. The van der Waals surface area contributed by atoms with Crippen LogP contribution in [0.25, 0.3) is 10.8 Å². The number of hydrogen-bond acceptors (Lipinski definition) is 2. The minimum atomic E-state index is 0.0423. The van der Waals surface area contributed by atoms with Crippen LogP contribution in [0.3, 0.4) is 0 Å². The third-order valence-electron chi connectivity index (χ3n) is 6.12. The molecule has 0 bridgehead atoms. The van der Waals surface area contributed by atoms with Crippen molar-refractivity contribution in [1.29, 1.82) is 0 Å². The lowest BCUT2D eigenvalue weighted by molar-refractivity contribution is -0.120. The lowest BCUT2D eigenvalue weighted by atomic mass is 9.78. The smallest absolute Gasteiger partial charge is 0.224 e. The second kappa shape index (κ2) is 8.05. The topological polar surface area (TPSA) is 38.3 Å². The molecule has 3 aromatic carbocycles. The molecule has 1 saturated carbocycles. The van der Waals surface area contributed by atoms with E-state index in [4.69, 9.17) is 4.74 Å². The molecule has 1 amide bonds. The number of rotatable bonds is 6. The van der Waals surface area contributed by atoms with Crippen LogP contribution in [0.15, 0.2) is 66.7 Å². The van der Waals surface area contributed by atoms with Gasteiger partial charge in [0, 0.05) is 12.0 Å². The van der Waals surface area contributed by atoms with Gasteiger partial charge < -0.3 is 10.1 Å². The summed E-state index contributed by atoms with van der Waals surface area (Å²) >= 11 is 0. The molecule has 0 atom stereocenters. The van der Waals surface area contributed by atoms with E-state index in [-0.39, 0.29) is 11.3 Å². The lowest BCUT2D eigenvalue weighted by Gasteiger charge is -2.30. The third-order valence-corrected chi connectivity index (χ3v) is 6.12. The molecular weight excluding hydrogens is 346 g/mol. The zero-order chi connectivity index (χ0) is 19.4. The van der Waals surface area contributed by atoms with Crippen molar-refractivity contribution in [3.63, 3.8) is 0 Å². The highest BCUT2D eigenvalue weighted by molar-refractivity contribution is 5.90. The fraction of sp³-hybridized carbons (Fsp3) is 0.320. The summed E-state index contributed by atoms with van der Waals surface area (Å²) in [6.45, 7) is 0.697. The monoisotopic (exact) mass is 373 g/mol. The van der Waals surface area contributed by atoms with Crippen molar-refractivity contribution in [1.82, 2.24) is 5.32 Å². The Kier molecular flexibility index (Phi) is 5.34. The molecule has 0 radical (unpaired) electrons. The van der Waals surface area contributed by atoms with Gasteiger partial charge in [0.1, 0.15) is 5.75 Å². The molecule has 1 fully saturated rings. The van der Waals surface area contributed by atoms with E-state index < -0.39 is 0 Å². The number of hydrogen-bond donors (Lipinski definition) is 1. The summed E-state index contributed by atoms with van der Waals surface area (Å²) < 4.78 is 5.29. The molecule has 1 aliphatic rings. The lowest BCUT2D eigenvalue weighted by Crippen LogP contribution is -2.39. The number of benzene rings is 3. The molecule has 0 unspecified atom stereocenters. The molecule has 1 N–H and O–H groups in total. The Morgan fingerprint density at radius 1 is 0.964 bits per heavy atom. The van der Waals surface area contributed by atoms with Crippen LogP contribution in [0.2, 0.25) is 0 Å². The fourth-order valence-electron chi connectivity index (χ4n) is 4.51. The highest BCUT2D eigenvalue weighted by Gasteiger charge is 2.35. The van der Waals surface area contributed by atoms with Crippen molar-refractivity contribution >= 4 is 16.7 Å². The first kappa shape index (κ1) is 18.5. The number of carbonyl (C=O) groups is 1. The van der Waals surface area contributed by atoms with Gasteiger partial charge in [0.05, 0.1) is 13.5 Å².